The first kappa shape index (κ1) is 13.9. The van der Waals surface area contributed by atoms with Crippen LogP contribution < -0.4 is 10.6 Å². The van der Waals surface area contributed by atoms with E-state index in [4.69, 9.17) is 10.5 Å². The van der Waals surface area contributed by atoms with Gasteiger partial charge < -0.3 is 15.4 Å². The molecule has 0 radical (unpaired) electrons. The quantitative estimate of drug-likeness (QED) is 0.821. The van der Waals surface area contributed by atoms with Gasteiger partial charge >= 0.3 is 0 Å². The molecule has 4 heteroatoms. The maximum absolute atomic E-state index is 5.89. The van der Waals surface area contributed by atoms with E-state index in [0.717, 1.165) is 17.9 Å². The van der Waals surface area contributed by atoms with Gasteiger partial charge in [-0.25, -0.2) is 4.98 Å². The molecule has 2 atom stereocenters. The number of nitrogens with two attached hydrogens (primary N) is 1. The lowest BCUT2D eigenvalue weighted by molar-refractivity contribution is 0.181. The number of likely N-dealkylation sites (N-methyl/N-ethyl adjacent to an activating group) is 1. The van der Waals surface area contributed by atoms with Crippen molar-refractivity contribution >= 4 is 5.82 Å². The fraction of sp³-hybridized carbons (Fsp3) is 0.615. The average Bonchev–Trinajstić information content (AvgIpc) is 2.30. The Morgan fingerprint density at radius 2 is 2.18 bits per heavy atom. The predicted molar refractivity (Wildman–Crippen MR) is 71.2 cm³/mol. The Bertz CT molecular complexity index is 341. The van der Waals surface area contributed by atoms with Gasteiger partial charge in [0.1, 0.15) is 5.82 Å². The first-order valence-electron chi connectivity index (χ1n) is 6.07. The van der Waals surface area contributed by atoms with Crippen molar-refractivity contribution in [3.63, 3.8) is 0 Å². The van der Waals surface area contributed by atoms with Crippen molar-refractivity contribution < 1.29 is 4.74 Å². The summed E-state index contributed by atoms with van der Waals surface area (Å²) >= 11 is 0. The number of hydrogen-bond donors (Lipinski definition) is 1. The zero-order valence-electron chi connectivity index (χ0n) is 11.2. The van der Waals surface area contributed by atoms with Crippen LogP contribution in [-0.2, 0) is 4.74 Å². The molecule has 1 rings (SSSR count). The third-order valence-electron chi connectivity index (χ3n) is 2.87. The summed E-state index contributed by atoms with van der Waals surface area (Å²) in [6, 6.07) is 4.36. The summed E-state index contributed by atoms with van der Waals surface area (Å²) in [5, 5.41) is 0. The lowest BCUT2D eigenvalue weighted by Gasteiger charge is -2.29. The molecule has 2 N–H and O–H groups in total. The number of rotatable bonds is 6. The van der Waals surface area contributed by atoms with Crippen molar-refractivity contribution in [1.29, 1.82) is 0 Å². The number of anilines is 1. The highest BCUT2D eigenvalue weighted by Crippen LogP contribution is 2.18. The Kier molecular flexibility index (Phi) is 5.38. The summed E-state index contributed by atoms with van der Waals surface area (Å²) < 4.78 is 5.19. The monoisotopic (exact) mass is 237 g/mol. The summed E-state index contributed by atoms with van der Waals surface area (Å²) in [5.41, 5.74) is 7.00. The van der Waals surface area contributed by atoms with Crippen LogP contribution >= 0.6 is 0 Å². The number of ether oxygens (including phenoxy) is 1. The van der Waals surface area contributed by atoms with Gasteiger partial charge in [-0.1, -0.05) is 0 Å². The van der Waals surface area contributed by atoms with E-state index in [9.17, 15) is 0 Å². The SMILES string of the molecule is CCN(c1cc(C(C)N)ccn1)C(C)COC. The van der Waals surface area contributed by atoms with Crippen LogP contribution in [0.4, 0.5) is 5.82 Å². The molecule has 0 fully saturated rings. The molecule has 0 aliphatic rings. The molecule has 4 nitrogen and oxygen atoms in total. The molecular weight excluding hydrogens is 214 g/mol. The Balaban J connectivity index is 2.91. The fourth-order valence-corrected chi connectivity index (χ4v) is 1.91. The van der Waals surface area contributed by atoms with Crippen LogP contribution in [0.3, 0.4) is 0 Å². The summed E-state index contributed by atoms with van der Waals surface area (Å²) in [6.07, 6.45) is 1.82. The normalized spacial score (nSPS) is 14.4. The smallest absolute Gasteiger partial charge is 0.129 e. The lowest BCUT2D eigenvalue weighted by Crippen LogP contribution is -2.36. The lowest BCUT2D eigenvalue weighted by atomic mass is 10.1. The second-order valence-corrected chi connectivity index (χ2v) is 4.33. The highest BCUT2D eigenvalue weighted by atomic mass is 16.5. The van der Waals surface area contributed by atoms with Crippen molar-refractivity contribution in [2.75, 3.05) is 25.2 Å². The molecule has 0 spiro atoms. The zero-order chi connectivity index (χ0) is 12.8. The molecule has 0 amide bonds. The van der Waals surface area contributed by atoms with E-state index in [-0.39, 0.29) is 6.04 Å². The molecule has 0 saturated heterocycles. The predicted octanol–water partition coefficient (Wildman–Crippen LogP) is 1.96. The Morgan fingerprint density at radius 3 is 2.71 bits per heavy atom. The summed E-state index contributed by atoms with van der Waals surface area (Å²) in [4.78, 5) is 6.63. The molecule has 17 heavy (non-hydrogen) atoms. The Morgan fingerprint density at radius 1 is 1.47 bits per heavy atom. The van der Waals surface area contributed by atoms with E-state index in [1.807, 2.05) is 19.2 Å². The van der Waals surface area contributed by atoms with Crippen LogP contribution in [0.1, 0.15) is 32.4 Å². The molecule has 0 aliphatic carbocycles. The van der Waals surface area contributed by atoms with Gasteiger partial charge in [0.15, 0.2) is 0 Å². The van der Waals surface area contributed by atoms with E-state index in [2.05, 4.69) is 29.8 Å². The maximum Gasteiger partial charge on any atom is 0.129 e. The van der Waals surface area contributed by atoms with Gasteiger partial charge in [-0.2, -0.15) is 0 Å². The van der Waals surface area contributed by atoms with E-state index in [1.54, 1.807) is 7.11 Å². The molecule has 2 unspecified atom stereocenters. The van der Waals surface area contributed by atoms with Crippen LogP contribution in [0.25, 0.3) is 0 Å². The maximum atomic E-state index is 5.89. The molecular formula is C13H23N3O. The minimum atomic E-state index is 0.0354. The highest BCUT2D eigenvalue weighted by Gasteiger charge is 2.14. The Hall–Kier alpha value is -1.13. The van der Waals surface area contributed by atoms with Crippen molar-refractivity contribution in [3.05, 3.63) is 23.9 Å². The van der Waals surface area contributed by atoms with E-state index in [0.29, 0.717) is 12.6 Å². The number of methoxy groups -OCH3 is 1. The van der Waals surface area contributed by atoms with Gasteiger partial charge in [-0.15, -0.1) is 0 Å². The molecule has 1 aromatic heterocycles. The van der Waals surface area contributed by atoms with Gasteiger partial charge in [0.05, 0.1) is 12.6 Å². The van der Waals surface area contributed by atoms with E-state index >= 15 is 0 Å². The second kappa shape index (κ2) is 6.57. The topological polar surface area (TPSA) is 51.4 Å². The molecule has 1 aromatic rings. The van der Waals surface area contributed by atoms with Crippen LogP contribution in [0.15, 0.2) is 18.3 Å². The standard InChI is InChI=1S/C13H23N3O/c1-5-16(10(2)9-17-4)13-8-12(11(3)14)6-7-15-13/h6-8,10-11H,5,9,14H2,1-4H3. The van der Waals surface area contributed by atoms with Crippen LogP contribution in [0.5, 0.6) is 0 Å². The summed E-state index contributed by atoms with van der Waals surface area (Å²) in [6.45, 7) is 7.82. The summed E-state index contributed by atoms with van der Waals surface area (Å²) in [5.74, 6) is 0.965. The molecule has 0 saturated carbocycles. The summed E-state index contributed by atoms with van der Waals surface area (Å²) in [7, 11) is 1.72. The van der Waals surface area contributed by atoms with Crippen molar-refractivity contribution in [2.24, 2.45) is 5.73 Å². The number of nitrogens with zero attached hydrogens (tertiary/aromatic N) is 2. The number of aromatic nitrogens is 1. The fourth-order valence-electron chi connectivity index (χ4n) is 1.91. The average molecular weight is 237 g/mol. The highest BCUT2D eigenvalue weighted by molar-refractivity contribution is 5.42. The van der Waals surface area contributed by atoms with Gasteiger partial charge in [0.25, 0.3) is 0 Å². The molecule has 96 valence electrons. The van der Waals surface area contributed by atoms with Crippen molar-refractivity contribution in [3.8, 4) is 0 Å². The number of hydrogen-bond acceptors (Lipinski definition) is 4. The van der Waals surface area contributed by atoms with Crippen molar-refractivity contribution in [2.45, 2.75) is 32.9 Å². The van der Waals surface area contributed by atoms with E-state index < -0.39 is 0 Å². The van der Waals surface area contributed by atoms with Crippen LogP contribution in [0, 0.1) is 0 Å². The molecule has 0 aliphatic heterocycles. The third kappa shape index (κ3) is 3.68. The number of pyridine rings is 1. The third-order valence-corrected chi connectivity index (χ3v) is 2.87. The largest absolute Gasteiger partial charge is 0.383 e. The molecule has 1 heterocycles. The minimum Gasteiger partial charge on any atom is -0.383 e. The second-order valence-electron chi connectivity index (χ2n) is 4.33. The minimum absolute atomic E-state index is 0.0354. The van der Waals surface area contributed by atoms with Gasteiger partial charge in [0.2, 0.25) is 0 Å². The van der Waals surface area contributed by atoms with Gasteiger partial charge in [0, 0.05) is 25.9 Å². The van der Waals surface area contributed by atoms with Crippen molar-refractivity contribution in [1.82, 2.24) is 4.98 Å². The van der Waals surface area contributed by atoms with Gasteiger partial charge in [-0.3, -0.25) is 0 Å². The molecule has 0 aromatic carbocycles. The molecule has 0 bridgehead atoms. The van der Waals surface area contributed by atoms with Crippen LogP contribution in [-0.4, -0.2) is 31.3 Å². The first-order chi connectivity index (χ1) is 8.10. The van der Waals surface area contributed by atoms with E-state index in [1.165, 1.54) is 0 Å². The zero-order valence-corrected chi connectivity index (χ0v) is 11.2. The Labute approximate surface area is 104 Å². The van der Waals surface area contributed by atoms with Crippen LogP contribution in [0.2, 0.25) is 0 Å². The first-order valence-corrected chi connectivity index (χ1v) is 6.07. The van der Waals surface area contributed by atoms with Gasteiger partial charge in [-0.05, 0) is 38.5 Å².